The molecule has 0 fully saturated rings. The largest absolute Gasteiger partial charge is 0.497 e. The molecule has 7 heteroatoms. The number of furan rings is 1. The number of hydrogen-bond donors (Lipinski definition) is 1. The zero-order valence-corrected chi connectivity index (χ0v) is 17.8. The summed E-state index contributed by atoms with van der Waals surface area (Å²) in [5.74, 6) is 0.335. The molecule has 0 atom stereocenters. The van der Waals surface area contributed by atoms with Crippen molar-refractivity contribution in [2.45, 2.75) is 0 Å². The second-order valence-corrected chi connectivity index (χ2v) is 6.61. The van der Waals surface area contributed by atoms with E-state index in [2.05, 4.69) is 0 Å². The van der Waals surface area contributed by atoms with E-state index in [1.165, 1.54) is 20.3 Å². The van der Waals surface area contributed by atoms with Gasteiger partial charge in [-0.1, -0.05) is 24.3 Å². The van der Waals surface area contributed by atoms with Crippen molar-refractivity contribution in [3.63, 3.8) is 0 Å². The molecule has 2 aromatic carbocycles. The third kappa shape index (κ3) is 5.26. The number of ether oxygens (including phenoxy) is 3. The van der Waals surface area contributed by atoms with E-state index in [1.807, 2.05) is 0 Å². The highest BCUT2D eigenvalue weighted by Gasteiger charge is 2.15. The molecule has 0 amide bonds. The lowest BCUT2D eigenvalue weighted by Crippen LogP contribution is -2.03. The Hall–Kier alpha value is -4.26. The Morgan fingerprint density at radius 3 is 1.56 bits per heavy atom. The van der Waals surface area contributed by atoms with Crippen molar-refractivity contribution < 1.29 is 33.3 Å². The Morgan fingerprint density at radius 2 is 1.16 bits per heavy atom. The first kappa shape index (κ1) is 22.4. The molecule has 164 valence electrons. The SMILES string of the molecule is COC(=O)/C(=C/c1ccc(/C=C(/C(=O)O)c2ccc(OC)cc2)o1)c1ccc(OC)cc1. The Morgan fingerprint density at radius 1 is 0.719 bits per heavy atom. The summed E-state index contributed by atoms with van der Waals surface area (Å²) in [4.78, 5) is 24.1. The van der Waals surface area contributed by atoms with Crippen LogP contribution in [0.15, 0.2) is 65.1 Å². The van der Waals surface area contributed by atoms with Crippen LogP contribution in [0.2, 0.25) is 0 Å². The fourth-order valence-electron chi connectivity index (χ4n) is 2.99. The Balaban J connectivity index is 1.95. The molecule has 0 saturated heterocycles. The molecule has 0 saturated carbocycles. The van der Waals surface area contributed by atoms with E-state index >= 15 is 0 Å². The summed E-state index contributed by atoms with van der Waals surface area (Å²) in [7, 11) is 4.39. The van der Waals surface area contributed by atoms with Gasteiger partial charge in [0.05, 0.1) is 32.5 Å². The number of esters is 1. The van der Waals surface area contributed by atoms with Crippen molar-refractivity contribution in [2.24, 2.45) is 0 Å². The zero-order chi connectivity index (χ0) is 23.1. The van der Waals surface area contributed by atoms with Gasteiger partial charge in [-0.15, -0.1) is 0 Å². The summed E-state index contributed by atoms with van der Waals surface area (Å²) in [6.07, 6.45) is 2.96. The van der Waals surface area contributed by atoms with Gasteiger partial charge in [-0.05, 0) is 59.7 Å². The molecule has 0 aliphatic rings. The Bertz CT molecular complexity index is 1150. The van der Waals surface area contributed by atoms with Gasteiger partial charge in [0.2, 0.25) is 0 Å². The Labute approximate surface area is 185 Å². The maximum atomic E-state index is 12.3. The van der Waals surface area contributed by atoms with Gasteiger partial charge in [0, 0.05) is 0 Å². The van der Waals surface area contributed by atoms with Crippen LogP contribution in [0.25, 0.3) is 23.3 Å². The van der Waals surface area contributed by atoms with Gasteiger partial charge in [-0.3, -0.25) is 0 Å². The zero-order valence-electron chi connectivity index (χ0n) is 17.8. The topological polar surface area (TPSA) is 95.2 Å². The van der Waals surface area contributed by atoms with Gasteiger partial charge >= 0.3 is 11.9 Å². The van der Waals surface area contributed by atoms with Crippen LogP contribution in [-0.4, -0.2) is 38.4 Å². The lowest BCUT2D eigenvalue weighted by Gasteiger charge is -2.06. The van der Waals surface area contributed by atoms with Crippen molar-refractivity contribution >= 4 is 35.2 Å². The second kappa shape index (κ2) is 10.2. The first-order chi connectivity index (χ1) is 15.4. The average molecular weight is 434 g/mol. The molecule has 3 rings (SSSR count). The van der Waals surface area contributed by atoms with Gasteiger partial charge in [-0.2, -0.15) is 0 Å². The van der Waals surface area contributed by atoms with Crippen LogP contribution in [0.1, 0.15) is 22.6 Å². The van der Waals surface area contributed by atoms with E-state index < -0.39 is 11.9 Å². The molecule has 3 aromatic rings. The molecule has 7 nitrogen and oxygen atoms in total. The predicted molar refractivity (Wildman–Crippen MR) is 120 cm³/mol. The number of carbonyl (C=O) groups excluding carboxylic acids is 1. The molecule has 0 spiro atoms. The van der Waals surface area contributed by atoms with Crippen LogP contribution in [0, 0.1) is 0 Å². The minimum Gasteiger partial charge on any atom is -0.497 e. The molecule has 1 heterocycles. The number of carboxylic acid groups (broad SMARTS) is 1. The summed E-state index contributed by atoms with van der Waals surface area (Å²) in [6, 6.07) is 16.9. The van der Waals surface area contributed by atoms with Crippen molar-refractivity contribution in [3.05, 3.63) is 83.3 Å². The van der Waals surface area contributed by atoms with Crippen molar-refractivity contribution in [3.8, 4) is 11.5 Å². The van der Waals surface area contributed by atoms with Gasteiger partial charge in [0.25, 0.3) is 0 Å². The van der Waals surface area contributed by atoms with Gasteiger partial charge in [0.1, 0.15) is 23.0 Å². The summed E-state index contributed by atoms with van der Waals surface area (Å²) in [5, 5.41) is 9.64. The number of carboxylic acids is 1. The fourth-order valence-corrected chi connectivity index (χ4v) is 2.99. The van der Waals surface area contributed by atoms with Crippen molar-refractivity contribution in [1.82, 2.24) is 0 Å². The maximum Gasteiger partial charge on any atom is 0.338 e. The van der Waals surface area contributed by atoms with Crippen LogP contribution in [-0.2, 0) is 14.3 Å². The maximum absolute atomic E-state index is 12.3. The lowest BCUT2D eigenvalue weighted by atomic mass is 10.0. The standard InChI is InChI=1S/C25H22O7/c1-29-18-8-4-16(5-9-18)22(24(26)27)14-20-12-13-21(32-20)15-23(25(28)31-3)17-6-10-19(30-2)11-7-17/h4-15H,1-3H3,(H,26,27)/b22-14+,23-15+. The quantitative estimate of drug-likeness (QED) is 0.408. The molecule has 0 unspecified atom stereocenters. The molecular formula is C25H22O7. The molecule has 1 aromatic heterocycles. The summed E-state index contributed by atoms with van der Waals surface area (Å²) >= 11 is 0. The highest BCUT2D eigenvalue weighted by molar-refractivity contribution is 6.21. The van der Waals surface area contributed by atoms with E-state index in [1.54, 1.807) is 73.8 Å². The smallest absolute Gasteiger partial charge is 0.338 e. The van der Waals surface area contributed by atoms with E-state index in [0.717, 1.165) is 0 Å². The molecule has 0 aliphatic heterocycles. The molecule has 0 radical (unpaired) electrons. The van der Waals surface area contributed by atoms with Crippen LogP contribution >= 0.6 is 0 Å². The van der Waals surface area contributed by atoms with E-state index in [-0.39, 0.29) is 11.1 Å². The van der Waals surface area contributed by atoms with Gasteiger partial charge in [0.15, 0.2) is 0 Å². The number of carbonyl (C=O) groups is 2. The second-order valence-electron chi connectivity index (χ2n) is 6.61. The molecular weight excluding hydrogens is 412 g/mol. The average Bonchev–Trinajstić information content (AvgIpc) is 3.27. The van der Waals surface area contributed by atoms with E-state index in [9.17, 15) is 14.7 Å². The number of aliphatic carboxylic acids is 1. The molecule has 1 N–H and O–H groups in total. The first-order valence-electron chi connectivity index (χ1n) is 9.59. The highest BCUT2D eigenvalue weighted by atomic mass is 16.5. The number of methoxy groups -OCH3 is 3. The summed E-state index contributed by atoms with van der Waals surface area (Å²) in [5.41, 5.74) is 1.46. The highest BCUT2D eigenvalue weighted by Crippen LogP contribution is 2.26. The van der Waals surface area contributed by atoms with Gasteiger partial charge < -0.3 is 23.7 Å². The Kier molecular flexibility index (Phi) is 7.13. The van der Waals surface area contributed by atoms with E-state index in [0.29, 0.717) is 34.1 Å². The van der Waals surface area contributed by atoms with Crippen LogP contribution in [0.4, 0.5) is 0 Å². The molecule has 0 bridgehead atoms. The lowest BCUT2D eigenvalue weighted by molar-refractivity contribution is -0.133. The molecule has 32 heavy (non-hydrogen) atoms. The monoisotopic (exact) mass is 434 g/mol. The first-order valence-corrected chi connectivity index (χ1v) is 9.59. The summed E-state index contributed by atoms with van der Waals surface area (Å²) in [6.45, 7) is 0. The van der Waals surface area contributed by atoms with E-state index in [4.69, 9.17) is 18.6 Å². The third-order valence-corrected chi connectivity index (χ3v) is 4.66. The molecule has 0 aliphatic carbocycles. The van der Waals surface area contributed by atoms with Crippen molar-refractivity contribution in [2.75, 3.05) is 21.3 Å². The van der Waals surface area contributed by atoms with Crippen LogP contribution < -0.4 is 9.47 Å². The normalized spacial score (nSPS) is 11.7. The van der Waals surface area contributed by atoms with Crippen molar-refractivity contribution in [1.29, 1.82) is 0 Å². The number of rotatable bonds is 8. The number of hydrogen-bond acceptors (Lipinski definition) is 6. The van der Waals surface area contributed by atoms with Crippen LogP contribution in [0.5, 0.6) is 11.5 Å². The predicted octanol–water partition coefficient (Wildman–Crippen LogP) is 4.64. The fraction of sp³-hybridized carbons (Fsp3) is 0.120. The van der Waals surface area contributed by atoms with Crippen LogP contribution in [0.3, 0.4) is 0 Å². The third-order valence-electron chi connectivity index (χ3n) is 4.66. The van der Waals surface area contributed by atoms with Gasteiger partial charge in [-0.25, -0.2) is 9.59 Å². The number of benzene rings is 2. The minimum absolute atomic E-state index is 0.0564. The summed E-state index contributed by atoms with van der Waals surface area (Å²) < 4.78 is 20.9. The minimum atomic E-state index is -1.10.